The molecule has 3 N–H and O–H groups in total. The van der Waals surface area contributed by atoms with E-state index in [1.165, 1.54) is 17.4 Å². The highest BCUT2D eigenvalue weighted by Crippen LogP contribution is 2.35. The molecular weight excluding hydrogens is 340 g/mol. The minimum absolute atomic E-state index is 0.0375. The van der Waals surface area contributed by atoms with Crippen LogP contribution in [0.4, 0.5) is 0 Å². The Morgan fingerprint density at radius 3 is 2.84 bits per heavy atom. The molecule has 3 heterocycles. The normalized spacial score (nSPS) is 25.5. The Bertz CT molecular complexity index is 821. The number of nitrogens with zero attached hydrogens (tertiary/aromatic N) is 2. The number of aliphatic hydroxyl groups is 1. The molecule has 1 aliphatic carbocycles. The largest absolute Gasteiger partial charge is 0.393 e. The average molecular weight is 362 g/mol. The van der Waals surface area contributed by atoms with Crippen molar-refractivity contribution in [2.75, 3.05) is 13.1 Å². The summed E-state index contributed by atoms with van der Waals surface area (Å²) in [6, 6.07) is 1.33. The van der Waals surface area contributed by atoms with Gasteiger partial charge in [-0.15, -0.1) is 11.3 Å². The second-order valence-corrected chi connectivity index (χ2v) is 7.88. The zero-order valence-electron chi connectivity index (χ0n) is 13.9. The van der Waals surface area contributed by atoms with Crippen LogP contribution >= 0.6 is 11.3 Å². The monoisotopic (exact) mass is 362 g/mol. The first-order valence-electron chi connectivity index (χ1n) is 8.78. The summed E-state index contributed by atoms with van der Waals surface area (Å²) in [7, 11) is 0. The van der Waals surface area contributed by atoms with Crippen LogP contribution in [-0.4, -0.2) is 45.6 Å². The number of hydrogen-bond acceptors (Lipinski definition) is 6. The maximum Gasteiger partial charge on any atom is 0.274 e. The highest BCUT2D eigenvalue weighted by molar-refractivity contribution is 7.15. The fraction of sp³-hybridized carbons (Fsp3) is 0.588. The molecule has 0 bridgehead atoms. The van der Waals surface area contributed by atoms with Crippen LogP contribution in [-0.2, 0) is 0 Å². The van der Waals surface area contributed by atoms with Gasteiger partial charge >= 0.3 is 0 Å². The molecule has 1 aliphatic heterocycles. The standard InChI is InChI=1S/C17H22N4O3S/c22-12-7-11(8-12)15(10-1-3-18-4-2-10)20-16(24)13-9-14(23)19-17-21(13)5-6-25-17/h5-6,9-12,15,18,22H,1-4,7-8H2,(H,20,24)/t11?,12?,15-/m0/s1. The fourth-order valence-electron chi connectivity index (χ4n) is 4.00. The molecule has 0 radical (unpaired) electrons. The smallest absolute Gasteiger partial charge is 0.274 e. The van der Waals surface area contributed by atoms with Gasteiger partial charge in [-0.2, -0.15) is 4.98 Å². The summed E-state index contributed by atoms with van der Waals surface area (Å²) in [6.07, 6.45) is 5.01. The number of hydrogen-bond donors (Lipinski definition) is 3. The Hall–Kier alpha value is -1.77. The number of nitrogens with one attached hydrogen (secondary N) is 2. The summed E-state index contributed by atoms with van der Waals surface area (Å²) < 4.78 is 1.66. The molecule has 2 aromatic rings. The topological polar surface area (TPSA) is 95.7 Å². The van der Waals surface area contributed by atoms with Gasteiger partial charge in [0.2, 0.25) is 0 Å². The van der Waals surface area contributed by atoms with E-state index in [4.69, 9.17) is 0 Å². The zero-order chi connectivity index (χ0) is 17.4. The summed E-state index contributed by atoms with van der Waals surface area (Å²) in [5.74, 6) is 0.468. The Kier molecular flexibility index (Phi) is 4.58. The first kappa shape index (κ1) is 16.7. The van der Waals surface area contributed by atoms with Crippen LogP contribution < -0.4 is 16.2 Å². The minimum atomic E-state index is -0.398. The zero-order valence-corrected chi connectivity index (χ0v) is 14.7. The van der Waals surface area contributed by atoms with Gasteiger partial charge in [0.25, 0.3) is 11.5 Å². The number of carbonyl (C=O) groups excluding carboxylic acids is 1. The summed E-state index contributed by atoms with van der Waals surface area (Å²) in [6.45, 7) is 1.91. The van der Waals surface area contributed by atoms with E-state index in [1.54, 1.807) is 10.6 Å². The van der Waals surface area contributed by atoms with Crippen LogP contribution in [0.1, 0.15) is 36.2 Å². The van der Waals surface area contributed by atoms with Gasteiger partial charge in [-0.25, -0.2) is 0 Å². The van der Waals surface area contributed by atoms with Gasteiger partial charge in [0.15, 0.2) is 4.96 Å². The van der Waals surface area contributed by atoms with Gasteiger partial charge in [-0.3, -0.25) is 14.0 Å². The number of aliphatic hydroxyl groups excluding tert-OH is 1. The van der Waals surface area contributed by atoms with Crippen molar-refractivity contribution in [1.29, 1.82) is 0 Å². The van der Waals surface area contributed by atoms with E-state index < -0.39 is 5.56 Å². The maximum absolute atomic E-state index is 12.9. The van der Waals surface area contributed by atoms with Gasteiger partial charge in [0.05, 0.1) is 6.10 Å². The molecule has 1 saturated heterocycles. The molecule has 2 aromatic heterocycles. The molecule has 2 fully saturated rings. The molecule has 0 unspecified atom stereocenters. The Morgan fingerprint density at radius 1 is 1.36 bits per heavy atom. The van der Waals surface area contributed by atoms with Crippen LogP contribution in [0.3, 0.4) is 0 Å². The van der Waals surface area contributed by atoms with Crippen molar-refractivity contribution in [2.45, 2.75) is 37.8 Å². The highest BCUT2D eigenvalue weighted by Gasteiger charge is 2.39. The quantitative estimate of drug-likeness (QED) is 0.741. The van der Waals surface area contributed by atoms with Gasteiger partial charge < -0.3 is 15.7 Å². The second kappa shape index (κ2) is 6.86. The van der Waals surface area contributed by atoms with E-state index in [9.17, 15) is 14.7 Å². The molecule has 8 heteroatoms. The molecule has 0 spiro atoms. The van der Waals surface area contributed by atoms with Crippen LogP contribution in [0.15, 0.2) is 22.4 Å². The van der Waals surface area contributed by atoms with E-state index >= 15 is 0 Å². The van der Waals surface area contributed by atoms with Gasteiger partial charge in [0, 0.05) is 23.7 Å². The molecule has 4 rings (SSSR count). The average Bonchev–Trinajstić information content (AvgIpc) is 3.05. The molecule has 134 valence electrons. The lowest BCUT2D eigenvalue weighted by atomic mass is 9.71. The predicted octanol–water partition coefficient (Wildman–Crippen LogP) is 0.625. The van der Waals surface area contributed by atoms with E-state index in [2.05, 4.69) is 15.6 Å². The number of amides is 1. The molecular formula is C17H22N4O3S. The number of piperidine rings is 1. The predicted molar refractivity (Wildman–Crippen MR) is 94.9 cm³/mol. The van der Waals surface area contributed by atoms with Gasteiger partial charge in [0.1, 0.15) is 5.69 Å². The highest BCUT2D eigenvalue weighted by atomic mass is 32.1. The minimum Gasteiger partial charge on any atom is -0.393 e. The van der Waals surface area contributed by atoms with Crippen molar-refractivity contribution in [3.8, 4) is 0 Å². The van der Waals surface area contributed by atoms with Crippen molar-refractivity contribution in [1.82, 2.24) is 20.0 Å². The Balaban J connectivity index is 1.59. The van der Waals surface area contributed by atoms with E-state index in [1.807, 2.05) is 5.38 Å². The summed E-state index contributed by atoms with van der Waals surface area (Å²) >= 11 is 1.33. The molecule has 1 saturated carbocycles. The molecule has 2 aliphatic rings. The fourth-order valence-corrected chi connectivity index (χ4v) is 4.72. The number of rotatable bonds is 4. The van der Waals surface area contributed by atoms with Gasteiger partial charge in [-0.05, 0) is 50.6 Å². The van der Waals surface area contributed by atoms with E-state index in [-0.39, 0.29) is 18.1 Å². The van der Waals surface area contributed by atoms with Crippen LogP contribution in [0.25, 0.3) is 4.96 Å². The van der Waals surface area contributed by atoms with Crippen molar-refractivity contribution < 1.29 is 9.90 Å². The van der Waals surface area contributed by atoms with Crippen LogP contribution in [0.5, 0.6) is 0 Å². The number of fused-ring (bicyclic) bond motifs is 1. The van der Waals surface area contributed by atoms with Crippen LogP contribution in [0.2, 0.25) is 0 Å². The molecule has 0 aromatic carbocycles. The Morgan fingerprint density at radius 2 is 2.12 bits per heavy atom. The lowest BCUT2D eigenvalue weighted by Gasteiger charge is -2.43. The summed E-state index contributed by atoms with van der Waals surface area (Å²) in [4.78, 5) is 29.2. The summed E-state index contributed by atoms with van der Waals surface area (Å²) in [5.41, 5.74) is -0.0693. The first-order chi connectivity index (χ1) is 12.1. The van der Waals surface area contributed by atoms with E-state index in [0.29, 0.717) is 22.5 Å². The number of thiazole rings is 1. The van der Waals surface area contributed by atoms with Crippen molar-refractivity contribution in [3.05, 3.63) is 33.7 Å². The van der Waals surface area contributed by atoms with Crippen molar-refractivity contribution in [3.63, 3.8) is 0 Å². The van der Waals surface area contributed by atoms with Crippen molar-refractivity contribution in [2.24, 2.45) is 11.8 Å². The maximum atomic E-state index is 12.9. The van der Waals surface area contributed by atoms with Crippen LogP contribution in [0, 0.1) is 11.8 Å². The SMILES string of the molecule is O=C(N[C@@H](C1CCNCC1)C1CC(O)C1)c1cc(=O)nc2sccn12. The number of carbonyl (C=O) groups is 1. The third-order valence-corrected chi connectivity index (χ3v) is 6.15. The molecule has 1 atom stereocenters. The second-order valence-electron chi connectivity index (χ2n) is 7.01. The molecule has 25 heavy (non-hydrogen) atoms. The Labute approximate surface area is 149 Å². The third kappa shape index (κ3) is 3.33. The number of aromatic nitrogens is 2. The van der Waals surface area contributed by atoms with Gasteiger partial charge in [-0.1, -0.05) is 0 Å². The molecule has 1 amide bonds. The third-order valence-electron chi connectivity index (χ3n) is 5.39. The molecule has 7 nitrogen and oxygen atoms in total. The van der Waals surface area contributed by atoms with E-state index in [0.717, 1.165) is 38.8 Å². The van der Waals surface area contributed by atoms with Crippen molar-refractivity contribution >= 4 is 22.2 Å². The first-order valence-corrected chi connectivity index (χ1v) is 9.66. The summed E-state index contributed by atoms with van der Waals surface area (Å²) in [5, 5.41) is 18.0. The lowest BCUT2D eigenvalue weighted by Crippen LogP contribution is -2.53. The lowest BCUT2D eigenvalue weighted by molar-refractivity contribution is 0.00911.